The molecular formula is C43H56N3O12P. The predicted molar refractivity (Wildman–Crippen MR) is 220 cm³/mol. The number of nitrogens with zero attached hydrogens (tertiary/aromatic N) is 2. The van der Waals surface area contributed by atoms with E-state index in [0.717, 1.165) is 24.0 Å². The Bertz CT molecular complexity index is 2060. The van der Waals surface area contributed by atoms with Gasteiger partial charge in [-0.1, -0.05) is 36.4 Å². The van der Waals surface area contributed by atoms with Crippen molar-refractivity contribution < 1.29 is 56.2 Å². The summed E-state index contributed by atoms with van der Waals surface area (Å²) in [5.41, 5.74) is 4.50. The average molecular weight is 838 g/mol. The minimum Gasteiger partial charge on any atom is -0.619 e. The number of aromatic nitrogens is 2. The largest absolute Gasteiger partial charge is 0.619 e. The highest BCUT2D eigenvalue weighted by atomic mass is 31.2. The van der Waals surface area contributed by atoms with Gasteiger partial charge in [-0.25, -0.2) is 19.9 Å². The lowest BCUT2D eigenvalue weighted by Gasteiger charge is -2.32. The van der Waals surface area contributed by atoms with Crippen LogP contribution in [0.4, 0.5) is 0 Å². The van der Waals surface area contributed by atoms with Gasteiger partial charge in [-0.2, -0.15) is 4.73 Å². The summed E-state index contributed by atoms with van der Waals surface area (Å²) in [6, 6.07) is 16.9. The summed E-state index contributed by atoms with van der Waals surface area (Å²) in [6.07, 6.45) is 4.94. The summed E-state index contributed by atoms with van der Waals surface area (Å²) in [5, 5.41) is 12.6. The van der Waals surface area contributed by atoms with Crippen molar-refractivity contribution in [1.29, 1.82) is 0 Å². The van der Waals surface area contributed by atoms with E-state index in [1.807, 2.05) is 48.5 Å². The molecule has 1 fully saturated rings. The Morgan fingerprint density at radius 2 is 1.56 bits per heavy atom. The normalized spacial score (nSPS) is 15.4. The van der Waals surface area contributed by atoms with Crippen molar-refractivity contribution >= 4 is 30.6 Å². The molecule has 15 nitrogen and oxygen atoms in total. The number of phosphoric ester groups is 1. The van der Waals surface area contributed by atoms with Gasteiger partial charge in [0, 0.05) is 24.7 Å². The van der Waals surface area contributed by atoms with Gasteiger partial charge >= 0.3 is 13.8 Å². The van der Waals surface area contributed by atoms with Gasteiger partial charge < -0.3 is 24.2 Å². The lowest BCUT2D eigenvalue weighted by atomic mass is 10.00. The third kappa shape index (κ3) is 13.7. The first kappa shape index (κ1) is 45.5. The molecule has 2 aromatic heterocycles. The fourth-order valence-corrected chi connectivity index (χ4v) is 8.17. The maximum absolute atomic E-state index is 13.5. The van der Waals surface area contributed by atoms with Crippen LogP contribution in [0.1, 0.15) is 97.3 Å². The number of amides is 1. The molecule has 16 heteroatoms. The van der Waals surface area contributed by atoms with Crippen LogP contribution in [-0.2, 0) is 37.2 Å². The molecule has 1 aliphatic rings. The third-order valence-electron chi connectivity index (χ3n) is 8.66. The number of methoxy groups -OCH3 is 1. The number of nitrogens with one attached hydrogen (secondary N) is 1. The number of ether oxygens (including phenoxy) is 4. The Balaban J connectivity index is 1.12. The van der Waals surface area contributed by atoms with Gasteiger partial charge in [0.05, 0.1) is 55.0 Å². The van der Waals surface area contributed by atoms with Crippen LogP contribution in [0.3, 0.4) is 0 Å². The standard InChI is InChI=1S/C43H56N3O12P/c1-29(56-59(50,57-42(2,3)4)58-43(5,6)7)27-36(47)53-25-12-11-24-52-33-20-18-31(19-21-33)30-14-16-32(17-15-30)39-40(51-8)38(34-28-46(49)23-22-35(34)44-39)41(48)45-55-37-13-9-10-26-54-37/h14-23,28-29,37H,9-13,24-27H2,1-8H3,(H,45,48). The van der Waals surface area contributed by atoms with E-state index < -0.39 is 43.3 Å². The fourth-order valence-electron chi connectivity index (χ4n) is 6.19. The van der Waals surface area contributed by atoms with Crippen LogP contribution in [0.5, 0.6) is 11.5 Å². The predicted octanol–water partition coefficient (Wildman–Crippen LogP) is 8.63. The molecule has 2 aromatic carbocycles. The second-order valence-electron chi connectivity index (χ2n) is 16.2. The van der Waals surface area contributed by atoms with Crippen molar-refractivity contribution in [1.82, 2.24) is 10.5 Å². The van der Waals surface area contributed by atoms with Crippen LogP contribution in [-0.4, -0.2) is 67.4 Å². The molecular weight excluding hydrogens is 781 g/mol. The van der Waals surface area contributed by atoms with Gasteiger partial charge in [-0.3, -0.25) is 23.2 Å². The van der Waals surface area contributed by atoms with Gasteiger partial charge in [0.15, 0.2) is 24.4 Å². The molecule has 0 spiro atoms. The Morgan fingerprint density at radius 3 is 2.17 bits per heavy atom. The fraction of sp³-hybridized carbons (Fsp3) is 0.488. The number of hydroxylamine groups is 1. The lowest BCUT2D eigenvalue weighted by Crippen LogP contribution is -2.34. The number of unbranched alkanes of at least 4 members (excludes halogenated alkanes) is 1. The molecule has 1 amide bonds. The number of pyridine rings is 2. The maximum atomic E-state index is 13.5. The summed E-state index contributed by atoms with van der Waals surface area (Å²) in [7, 11) is -2.51. The summed E-state index contributed by atoms with van der Waals surface area (Å²) >= 11 is 0. The maximum Gasteiger partial charge on any atom is 0.476 e. The highest BCUT2D eigenvalue weighted by Crippen LogP contribution is 2.56. The van der Waals surface area contributed by atoms with Crippen LogP contribution >= 0.6 is 7.82 Å². The Kier molecular flexibility index (Phi) is 15.5. The monoisotopic (exact) mass is 837 g/mol. The third-order valence-corrected chi connectivity index (χ3v) is 10.8. The second kappa shape index (κ2) is 20.1. The minimum atomic E-state index is -3.96. The van der Waals surface area contributed by atoms with E-state index in [-0.39, 0.29) is 24.3 Å². The number of phosphoric acid groups is 1. The van der Waals surface area contributed by atoms with E-state index in [2.05, 4.69) is 5.48 Å². The number of carbonyl (C=O) groups is 2. The first-order valence-corrected chi connectivity index (χ1v) is 21.3. The van der Waals surface area contributed by atoms with Crippen molar-refractivity contribution in [2.45, 2.75) is 111 Å². The second-order valence-corrected chi connectivity index (χ2v) is 17.6. The number of rotatable bonds is 18. The topological polar surface area (TPSA) is 177 Å². The van der Waals surface area contributed by atoms with Crippen LogP contribution in [0.2, 0.25) is 0 Å². The smallest absolute Gasteiger partial charge is 0.476 e. The molecule has 3 heterocycles. The molecule has 2 unspecified atom stereocenters. The van der Waals surface area contributed by atoms with Gasteiger partial charge in [0.1, 0.15) is 17.0 Å². The molecule has 0 saturated carbocycles. The molecule has 1 aliphatic heterocycles. The lowest BCUT2D eigenvalue weighted by molar-refractivity contribution is -0.603. The molecule has 0 radical (unpaired) electrons. The van der Waals surface area contributed by atoms with E-state index in [9.17, 15) is 19.4 Å². The first-order chi connectivity index (χ1) is 27.9. The number of esters is 1. The molecule has 320 valence electrons. The zero-order valence-electron chi connectivity index (χ0n) is 35.1. The number of hydrogen-bond acceptors (Lipinski definition) is 13. The Labute approximate surface area is 345 Å². The van der Waals surface area contributed by atoms with Crippen molar-refractivity contribution in [2.24, 2.45) is 0 Å². The van der Waals surface area contributed by atoms with E-state index >= 15 is 0 Å². The van der Waals surface area contributed by atoms with Gasteiger partial charge in [-0.15, -0.1) is 0 Å². The molecule has 4 aromatic rings. The molecule has 5 rings (SSSR count). The highest BCUT2D eigenvalue weighted by molar-refractivity contribution is 7.48. The van der Waals surface area contributed by atoms with E-state index in [1.54, 1.807) is 54.5 Å². The van der Waals surface area contributed by atoms with Crippen molar-refractivity contribution in [3.8, 4) is 33.9 Å². The van der Waals surface area contributed by atoms with Gasteiger partial charge in [0.2, 0.25) is 0 Å². The molecule has 2 atom stereocenters. The summed E-state index contributed by atoms with van der Waals surface area (Å²) in [5.74, 6) is -0.172. The Hall–Kier alpha value is -4.63. The summed E-state index contributed by atoms with van der Waals surface area (Å²) in [6.45, 7) is 13.3. The number of benzene rings is 2. The van der Waals surface area contributed by atoms with Crippen molar-refractivity contribution in [3.05, 3.63) is 77.8 Å². The molecule has 59 heavy (non-hydrogen) atoms. The minimum absolute atomic E-state index is 0.110. The quantitative estimate of drug-likeness (QED) is 0.0252. The molecule has 0 bridgehead atoms. The van der Waals surface area contributed by atoms with E-state index in [0.29, 0.717) is 65.1 Å². The number of carbonyl (C=O) groups excluding carboxylic acids is 2. The molecule has 0 aliphatic carbocycles. The van der Waals surface area contributed by atoms with Crippen LogP contribution in [0.25, 0.3) is 33.3 Å². The number of hydrogen-bond donors (Lipinski definition) is 1. The SMILES string of the molecule is COc1c(-c2ccc(-c3ccc(OCCCCOC(=O)CC(C)OP(=O)(OC(C)(C)C)OC(C)(C)C)cc3)cc2)nc2cc[n+]([O-])cc2c1C(=O)NOC1CCCCO1. The van der Waals surface area contributed by atoms with Crippen LogP contribution < -0.4 is 19.7 Å². The van der Waals surface area contributed by atoms with Gasteiger partial charge in [0.25, 0.3) is 5.91 Å². The zero-order chi connectivity index (χ0) is 42.8. The summed E-state index contributed by atoms with van der Waals surface area (Å²) < 4.78 is 53.4. The van der Waals surface area contributed by atoms with Gasteiger partial charge in [-0.05, 0) is 97.4 Å². The van der Waals surface area contributed by atoms with Crippen molar-refractivity contribution in [2.75, 3.05) is 26.9 Å². The molecule has 1 N–H and O–H groups in total. The zero-order valence-corrected chi connectivity index (χ0v) is 36.0. The first-order valence-electron chi connectivity index (χ1n) is 19.8. The number of fused-ring (bicyclic) bond motifs is 1. The van der Waals surface area contributed by atoms with E-state index in [1.165, 1.54) is 19.5 Å². The van der Waals surface area contributed by atoms with Crippen molar-refractivity contribution in [3.63, 3.8) is 0 Å². The van der Waals surface area contributed by atoms with E-state index in [4.69, 9.17) is 42.3 Å². The average Bonchev–Trinajstić information content (AvgIpc) is 3.16. The van der Waals surface area contributed by atoms with Crippen LogP contribution in [0.15, 0.2) is 67.0 Å². The van der Waals surface area contributed by atoms with Crippen LogP contribution in [0, 0.1) is 5.21 Å². The highest BCUT2D eigenvalue weighted by Gasteiger charge is 2.39. The molecule has 1 saturated heterocycles. The Morgan fingerprint density at radius 1 is 0.932 bits per heavy atom. The summed E-state index contributed by atoms with van der Waals surface area (Å²) in [4.78, 5) is 36.3.